The molecule has 0 aliphatic rings. The topological polar surface area (TPSA) is 12.0 Å². The molecule has 0 bridgehead atoms. The smallest absolute Gasteiger partial charge is 0.0713 e. The summed E-state index contributed by atoms with van der Waals surface area (Å²) in [5.41, 5.74) is 1.07. The van der Waals surface area contributed by atoms with Crippen LogP contribution in [-0.4, -0.2) is 12.1 Å². The molecule has 1 nitrogen and oxygen atoms in total. The highest BCUT2D eigenvalue weighted by Crippen LogP contribution is 2.19. The zero-order valence-corrected chi connectivity index (χ0v) is 9.10. The van der Waals surface area contributed by atoms with Gasteiger partial charge in [0.15, 0.2) is 0 Å². The van der Waals surface area contributed by atoms with Gasteiger partial charge in [-0.05, 0) is 24.5 Å². The van der Waals surface area contributed by atoms with E-state index in [0.29, 0.717) is 0 Å². The normalized spacial score (nSPS) is 9.83. The highest BCUT2D eigenvalue weighted by molar-refractivity contribution is 8.76. The number of nitrogens with one attached hydrogen (secondary N) is 1. The summed E-state index contributed by atoms with van der Waals surface area (Å²) in [5.74, 6) is 0.904. The maximum atomic E-state index is 5.81. The lowest BCUT2D eigenvalue weighted by atomic mass is 10.3. The molecule has 0 radical (unpaired) electrons. The molecule has 0 saturated carbocycles. The second-order valence-electron chi connectivity index (χ2n) is 2.12. The van der Waals surface area contributed by atoms with Gasteiger partial charge < -0.3 is 5.32 Å². The van der Waals surface area contributed by atoms with Crippen LogP contribution in [-0.2, 0) is 0 Å². The fourth-order valence-electron chi connectivity index (χ4n) is 0.770. The van der Waals surface area contributed by atoms with Crippen LogP contribution < -0.4 is 5.32 Å². The third-order valence-corrected chi connectivity index (χ3v) is 3.07. The Morgan fingerprint density at radius 1 is 1.50 bits per heavy atom. The van der Waals surface area contributed by atoms with Crippen molar-refractivity contribution in [1.29, 1.82) is 0 Å². The van der Waals surface area contributed by atoms with Gasteiger partial charge in [0.1, 0.15) is 0 Å². The monoisotopic (exact) mass is 219 g/mol. The van der Waals surface area contributed by atoms with Gasteiger partial charge in [-0.3, -0.25) is 0 Å². The standard InChI is InChI=1S/C8H10ClNS2/c1-11-12-6-10-8-4-2-3-7(9)5-8/h2-5,10H,6H2,1H3. The highest BCUT2D eigenvalue weighted by Gasteiger charge is 1.91. The molecule has 0 amide bonds. The van der Waals surface area contributed by atoms with Gasteiger partial charge in [0.05, 0.1) is 5.88 Å². The van der Waals surface area contributed by atoms with E-state index >= 15 is 0 Å². The van der Waals surface area contributed by atoms with E-state index in [0.717, 1.165) is 16.6 Å². The molecule has 0 saturated heterocycles. The molecule has 0 unspecified atom stereocenters. The number of hydrogen-bond donors (Lipinski definition) is 1. The second-order valence-corrected chi connectivity index (χ2v) is 5.12. The summed E-state index contributed by atoms with van der Waals surface area (Å²) in [6, 6.07) is 7.73. The van der Waals surface area contributed by atoms with E-state index in [4.69, 9.17) is 11.6 Å². The van der Waals surface area contributed by atoms with Crippen molar-refractivity contribution in [3.8, 4) is 0 Å². The lowest BCUT2D eigenvalue weighted by Gasteiger charge is -2.03. The number of halogens is 1. The largest absolute Gasteiger partial charge is 0.375 e. The quantitative estimate of drug-likeness (QED) is 0.471. The Hall–Kier alpha value is 0.01000. The summed E-state index contributed by atoms with van der Waals surface area (Å²) >= 11 is 5.81. The molecule has 0 aromatic heterocycles. The van der Waals surface area contributed by atoms with Crippen molar-refractivity contribution >= 4 is 38.9 Å². The molecule has 12 heavy (non-hydrogen) atoms. The highest BCUT2D eigenvalue weighted by atomic mass is 35.5. The van der Waals surface area contributed by atoms with Crippen LogP contribution >= 0.6 is 33.2 Å². The first-order valence-electron chi connectivity index (χ1n) is 3.48. The average molecular weight is 220 g/mol. The Bertz CT molecular complexity index is 242. The fraction of sp³-hybridized carbons (Fsp3) is 0.250. The summed E-state index contributed by atoms with van der Waals surface area (Å²) in [6.45, 7) is 0. The Balaban J connectivity index is 2.41. The van der Waals surface area contributed by atoms with Crippen molar-refractivity contribution in [3.05, 3.63) is 29.3 Å². The van der Waals surface area contributed by atoms with Crippen LogP contribution in [0, 0.1) is 0 Å². The molecular formula is C8H10ClNS2. The van der Waals surface area contributed by atoms with Gasteiger partial charge in [0, 0.05) is 10.7 Å². The summed E-state index contributed by atoms with van der Waals surface area (Å²) in [6.07, 6.45) is 2.06. The minimum atomic E-state index is 0.772. The first-order valence-corrected chi connectivity index (χ1v) is 6.58. The average Bonchev–Trinajstić information content (AvgIpc) is 2.05. The van der Waals surface area contributed by atoms with Crippen molar-refractivity contribution in [2.45, 2.75) is 0 Å². The SMILES string of the molecule is CSSCNc1cccc(Cl)c1. The van der Waals surface area contributed by atoms with E-state index < -0.39 is 0 Å². The van der Waals surface area contributed by atoms with Crippen molar-refractivity contribution in [3.63, 3.8) is 0 Å². The van der Waals surface area contributed by atoms with Crippen LogP contribution in [0.15, 0.2) is 24.3 Å². The van der Waals surface area contributed by atoms with Gasteiger partial charge in [-0.1, -0.05) is 39.3 Å². The molecule has 0 atom stereocenters. The van der Waals surface area contributed by atoms with E-state index in [1.807, 2.05) is 24.3 Å². The van der Waals surface area contributed by atoms with E-state index in [9.17, 15) is 0 Å². The van der Waals surface area contributed by atoms with Crippen LogP contribution in [0.3, 0.4) is 0 Å². The summed E-state index contributed by atoms with van der Waals surface area (Å²) in [5, 5.41) is 4.02. The van der Waals surface area contributed by atoms with Crippen molar-refractivity contribution in [1.82, 2.24) is 0 Å². The van der Waals surface area contributed by atoms with Crippen LogP contribution in [0.2, 0.25) is 5.02 Å². The lowest BCUT2D eigenvalue weighted by Crippen LogP contribution is -1.94. The van der Waals surface area contributed by atoms with Crippen molar-refractivity contribution < 1.29 is 0 Å². The van der Waals surface area contributed by atoms with Gasteiger partial charge >= 0.3 is 0 Å². The van der Waals surface area contributed by atoms with Crippen molar-refractivity contribution in [2.75, 3.05) is 17.4 Å². The molecule has 1 rings (SSSR count). The third-order valence-electron chi connectivity index (χ3n) is 1.28. The Kier molecular flexibility index (Phi) is 4.73. The molecule has 0 spiro atoms. The Morgan fingerprint density at radius 3 is 3.00 bits per heavy atom. The number of rotatable bonds is 4. The molecular weight excluding hydrogens is 210 g/mol. The molecule has 0 heterocycles. The van der Waals surface area contributed by atoms with Crippen LogP contribution in [0.1, 0.15) is 0 Å². The number of benzene rings is 1. The summed E-state index contributed by atoms with van der Waals surface area (Å²) in [7, 11) is 3.52. The minimum absolute atomic E-state index is 0.772. The predicted molar refractivity (Wildman–Crippen MR) is 61.0 cm³/mol. The number of hydrogen-bond acceptors (Lipinski definition) is 3. The van der Waals surface area contributed by atoms with Crippen LogP contribution in [0.5, 0.6) is 0 Å². The van der Waals surface area contributed by atoms with E-state index in [1.54, 1.807) is 21.6 Å². The summed E-state index contributed by atoms with van der Waals surface area (Å²) in [4.78, 5) is 0. The van der Waals surface area contributed by atoms with Crippen LogP contribution in [0.4, 0.5) is 5.69 Å². The van der Waals surface area contributed by atoms with Gasteiger partial charge in [-0.25, -0.2) is 0 Å². The van der Waals surface area contributed by atoms with Crippen LogP contribution in [0.25, 0.3) is 0 Å². The predicted octanol–water partition coefficient (Wildman–Crippen LogP) is 3.72. The van der Waals surface area contributed by atoms with Gasteiger partial charge in [-0.15, -0.1) is 0 Å². The molecule has 4 heteroatoms. The molecule has 66 valence electrons. The first-order chi connectivity index (χ1) is 5.83. The minimum Gasteiger partial charge on any atom is -0.375 e. The zero-order chi connectivity index (χ0) is 8.81. The molecule has 1 N–H and O–H groups in total. The van der Waals surface area contributed by atoms with Crippen molar-refractivity contribution in [2.24, 2.45) is 0 Å². The molecule has 0 fully saturated rings. The van der Waals surface area contributed by atoms with E-state index in [-0.39, 0.29) is 0 Å². The molecule has 1 aromatic carbocycles. The van der Waals surface area contributed by atoms with Gasteiger partial charge in [0.2, 0.25) is 0 Å². The maximum Gasteiger partial charge on any atom is 0.0713 e. The maximum absolute atomic E-state index is 5.81. The van der Waals surface area contributed by atoms with Gasteiger partial charge in [0.25, 0.3) is 0 Å². The Labute approximate surface area is 85.7 Å². The fourth-order valence-corrected chi connectivity index (χ4v) is 1.83. The first kappa shape index (κ1) is 10.1. The molecule has 1 aromatic rings. The molecule has 0 aliphatic heterocycles. The Morgan fingerprint density at radius 2 is 2.33 bits per heavy atom. The molecule has 0 aliphatic carbocycles. The summed E-state index contributed by atoms with van der Waals surface area (Å²) < 4.78 is 0. The van der Waals surface area contributed by atoms with E-state index in [2.05, 4.69) is 11.6 Å². The number of anilines is 1. The second kappa shape index (κ2) is 5.62. The van der Waals surface area contributed by atoms with E-state index in [1.165, 1.54) is 0 Å². The lowest BCUT2D eigenvalue weighted by molar-refractivity contribution is 1.47. The zero-order valence-electron chi connectivity index (χ0n) is 6.71. The third kappa shape index (κ3) is 3.61. The van der Waals surface area contributed by atoms with Gasteiger partial charge in [-0.2, -0.15) is 0 Å².